The predicted octanol–water partition coefficient (Wildman–Crippen LogP) is 2.72. The Morgan fingerprint density at radius 3 is 2.56 bits per heavy atom. The minimum atomic E-state index is 0.142. The van der Waals surface area contributed by atoms with Crippen molar-refractivity contribution in [1.82, 2.24) is 9.78 Å². The summed E-state index contributed by atoms with van der Waals surface area (Å²) in [5.74, 6) is 0.142. The topological polar surface area (TPSA) is 34.9 Å². The molecule has 0 unspecified atom stereocenters. The molecular weight excluding hydrogens is 224 g/mol. The van der Waals surface area contributed by atoms with E-state index in [9.17, 15) is 4.79 Å². The second kappa shape index (κ2) is 5.17. The average molecular weight is 242 g/mol. The van der Waals surface area contributed by atoms with Crippen molar-refractivity contribution in [3.05, 3.63) is 52.8 Å². The molecule has 18 heavy (non-hydrogen) atoms. The Balaban J connectivity index is 2.19. The molecule has 0 saturated heterocycles. The largest absolute Gasteiger partial charge is 0.294 e. The number of carbonyl (C=O) groups excluding carboxylic acids is 1. The van der Waals surface area contributed by atoms with Gasteiger partial charge < -0.3 is 0 Å². The molecule has 0 atom stereocenters. The molecule has 0 radical (unpaired) electrons. The third-order valence-electron chi connectivity index (χ3n) is 3.03. The Morgan fingerprint density at radius 2 is 1.94 bits per heavy atom. The minimum absolute atomic E-state index is 0.142. The summed E-state index contributed by atoms with van der Waals surface area (Å²) in [5, 5.41) is 4.30. The minimum Gasteiger partial charge on any atom is -0.294 e. The van der Waals surface area contributed by atoms with Gasteiger partial charge in [-0.05, 0) is 18.9 Å². The lowest BCUT2D eigenvalue weighted by atomic mass is 10.0. The summed E-state index contributed by atoms with van der Waals surface area (Å²) in [6.07, 6.45) is 3.05. The zero-order chi connectivity index (χ0) is 13.1. The van der Waals surface area contributed by atoms with Crippen LogP contribution in [0, 0.1) is 6.92 Å². The van der Waals surface area contributed by atoms with Crippen molar-refractivity contribution in [2.45, 2.75) is 26.7 Å². The highest BCUT2D eigenvalue weighted by molar-refractivity contribution is 5.98. The fourth-order valence-corrected chi connectivity index (χ4v) is 2.02. The lowest BCUT2D eigenvalue weighted by Gasteiger charge is -2.01. The van der Waals surface area contributed by atoms with Crippen LogP contribution in [0.15, 0.2) is 30.5 Å². The van der Waals surface area contributed by atoms with E-state index in [1.54, 1.807) is 4.68 Å². The second-order valence-corrected chi connectivity index (χ2v) is 4.60. The van der Waals surface area contributed by atoms with Crippen LogP contribution < -0.4 is 0 Å². The average Bonchev–Trinajstić information content (AvgIpc) is 2.73. The van der Waals surface area contributed by atoms with Gasteiger partial charge in [0.25, 0.3) is 0 Å². The Hall–Kier alpha value is -1.90. The van der Waals surface area contributed by atoms with Gasteiger partial charge in [0.1, 0.15) is 0 Å². The van der Waals surface area contributed by atoms with Crippen molar-refractivity contribution in [3.8, 4) is 0 Å². The Kier molecular flexibility index (Phi) is 3.60. The normalized spacial score (nSPS) is 10.6. The van der Waals surface area contributed by atoms with Crippen molar-refractivity contribution in [2.24, 2.45) is 7.05 Å². The van der Waals surface area contributed by atoms with Gasteiger partial charge >= 0.3 is 0 Å². The molecule has 0 N–H and O–H groups in total. The molecule has 0 bridgehead atoms. The molecule has 0 spiro atoms. The van der Waals surface area contributed by atoms with Gasteiger partial charge in [-0.1, -0.05) is 36.8 Å². The molecule has 1 aromatic carbocycles. The number of Topliss-reactive ketones (excluding diaryl/α,β-unsaturated/α-hetero) is 1. The molecule has 94 valence electrons. The highest BCUT2D eigenvalue weighted by Crippen LogP contribution is 2.12. The van der Waals surface area contributed by atoms with Gasteiger partial charge in [0.05, 0.1) is 11.3 Å². The molecule has 2 rings (SSSR count). The number of ketones is 1. The molecule has 0 amide bonds. The first-order chi connectivity index (χ1) is 8.60. The van der Waals surface area contributed by atoms with Crippen LogP contribution in [0.3, 0.4) is 0 Å². The lowest BCUT2D eigenvalue weighted by Crippen LogP contribution is -2.05. The van der Waals surface area contributed by atoms with Gasteiger partial charge in [-0.25, -0.2) is 0 Å². The Bertz CT molecular complexity index is 552. The standard InChI is InChI=1S/C15H18N2O/c1-4-14-13(10-17(3)16-14)15(18)9-12-7-5-11(2)6-8-12/h5-8,10H,4,9H2,1-3H3. The van der Waals surface area contributed by atoms with Gasteiger partial charge in [-0.15, -0.1) is 0 Å². The van der Waals surface area contributed by atoms with E-state index in [0.29, 0.717) is 6.42 Å². The first-order valence-electron chi connectivity index (χ1n) is 6.21. The van der Waals surface area contributed by atoms with Gasteiger partial charge in [0, 0.05) is 19.7 Å². The third-order valence-corrected chi connectivity index (χ3v) is 3.03. The highest BCUT2D eigenvalue weighted by atomic mass is 16.1. The maximum atomic E-state index is 12.2. The van der Waals surface area contributed by atoms with Crippen LogP contribution in [0.4, 0.5) is 0 Å². The maximum Gasteiger partial charge on any atom is 0.170 e. The third kappa shape index (κ3) is 2.67. The van der Waals surface area contributed by atoms with Crippen molar-refractivity contribution >= 4 is 5.78 Å². The van der Waals surface area contributed by atoms with Crippen molar-refractivity contribution in [3.63, 3.8) is 0 Å². The molecule has 0 fully saturated rings. The molecule has 0 aliphatic rings. The Morgan fingerprint density at radius 1 is 1.28 bits per heavy atom. The molecule has 3 heteroatoms. The number of nitrogens with zero attached hydrogens (tertiary/aromatic N) is 2. The second-order valence-electron chi connectivity index (χ2n) is 4.60. The van der Waals surface area contributed by atoms with Crippen LogP contribution in [-0.2, 0) is 19.9 Å². The summed E-state index contributed by atoms with van der Waals surface area (Å²) >= 11 is 0. The van der Waals surface area contributed by atoms with E-state index in [4.69, 9.17) is 0 Å². The van der Waals surface area contributed by atoms with Crippen LogP contribution in [-0.4, -0.2) is 15.6 Å². The SMILES string of the molecule is CCc1nn(C)cc1C(=O)Cc1ccc(C)cc1. The molecule has 1 aromatic heterocycles. The first kappa shape index (κ1) is 12.6. The summed E-state index contributed by atoms with van der Waals surface area (Å²) in [6, 6.07) is 8.09. The zero-order valence-electron chi connectivity index (χ0n) is 11.1. The first-order valence-corrected chi connectivity index (χ1v) is 6.21. The van der Waals surface area contributed by atoms with E-state index in [1.807, 2.05) is 51.4 Å². The van der Waals surface area contributed by atoms with E-state index in [2.05, 4.69) is 5.10 Å². The number of carbonyl (C=O) groups is 1. The highest BCUT2D eigenvalue weighted by Gasteiger charge is 2.14. The molecule has 0 aliphatic carbocycles. The number of rotatable bonds is 4. The fourth-order valence-electron chi connectivity index (χ4n) is 2.02. The van der Waals surface area contributed by atoms with E-state index in [0.717, 1.165) is 23.2 Å². The van der Waals surface area contributed by atoms with E-state index < -0.39 is 0 Å². The van der Waals surface area contributed by atoms with Crippen molar-refractivity contribution in [2.75, 3.05) is 0 Å². The molecule has 1 heterocycles. The van der Waals surface area contributed by atoms with Crippen LogP contribution >= 0.6 is 0 Å². The molecule has 3 nitrogen and oxygen atoms in total. The zero-order valence-corrected chi connectivity index (χ0v) is 11.1. The number of aryl methyl sites for hydroxylation is 3. The lowest BCUT2D eigenvalue weighted by molar-refractivity contribution is 0.0992. The van der Waals surface area contributed by atoms with Gasteiger partial charge in [0.2, 0.25) is 0 Å². The quantitative estimate of drug-likeness (QED) is 0.773. The van der Waals surface area contributed by atoms with Crippen LogP contribution in [0.1, 0.15) is 34.1 Å². The van der Waals surface area contributed by atoms with Gasteiger partial charge in [0.15, 0.2) is 5.78 Å². The Labute approximate surface area is 107 Å². The fraction of sp³-hybridized carbons (Fsp3) is 0.333. The molecule has 2 aromatic rings. The molecule has 0 aliphatic heterocycles. The summed E-state index contributed by atoms with van der Waals surface area (Å²) < 4.78 is 1.71. The van der Waals surface area contributed by atoms with Gasteiger partial charge in [-0.2, -0.15) is 5.10 Å². The van der Waals surface area contributed by atoms with Crippen LogP contribution in [0.2, 0.25) is 0 Å². The summed E-state index contributed by atoms with van der Waals surface area (Å²) in [4.78, 5) is 12.2. The van der Waals surface area contributed by atoms with Crippen molar-refractivity contribution < 1.29 is 4.79 Å². The van der Waals surface area contributed by atoms with E-state index in [1.165, 1.54) is 5.56 Å². The number of hydrogen-bond donors (Lipinski definition) is 0. The molecular formula is C15H18N2O. The smallest absolute Gasteiger partial charge is 0.170 e. The monoisotopic (exact) mass is 242 g/mol. The van der Waals surface area contributed by atoms with Gasteiger partial charge in [-0.3, -0.25) is 9.48 Å². The van der Waals surface area contributed by atoms with Crippen molar-refractivity contribution in [1.29, 1.82) is 0 Å². The van der Waals surface area contributed by atoms with Crippen LogP contribution in [0.5, 0.6) is 0 Å². The summed E-state index contributed by atoms with van der Waals surface area (Å²) in [5.41, 5.74) is 3.90. The molecule has 0 saturated carbocycles. The van der Waals surface area contributed by atoms with Crippen LogP contribution in [0.25, 0.3) is 0 Å². The summed E-state index contributed by atoms with van der Waals surface area (Å²) in [6.45, 7) is 4.06. The number of aromatic nitrogens is 2. The van der Waals surface area contributed by atoms with E-state index in [-0.39, 0.29) is 5.78 Å². The van der Waals surface area contributed by atoms with E-state index >= 15 is 0 Å². The summed E-state index contributed by atoms with van der Waals surface area (Å²) in [7, 11) is 1.85. The number of benzene rings is 1. The number of hydrogen-bond acceptors (Lipinski definition) is 2. The predicted molar refractivity (Wildman–Crippen MR) is 71.8 cm³/mol. The maximum absolute atomic E-state index is 12.2.